The number of ether oxygens (including phenoxy) is 1. The summed E-state index contributed by atoms with van der Waals surface area (Å²) in [6.07, 6.45) is 1.52. The maximum absolute atomic E-state index is 12.2. The lowest BCUT2D eigenvalue weighted by Gasteiger charge is -2.07. The Kier molecular flexibility index (Phi) is 5.55. The van der Waals surface area contributed by atoms with Gasteiger partial charge in [0.05, 0.1) is 15.2 Å². The van der Waals surface area contributed by atoms with E-state index in [1.54, 1.807) is 17.4 Å². The summed E-state index contributed by atoms with van der Waals surface area (Å²) in [6, 6.07) is 13.7. The zero-order valence-electron chi connectivity index (χ0n) is 13.2. The van der Waals surface area contributed by atoms with Gasteiger partial charge in [-0.25, -0.2) is 4.98 Å². The average molecular weight is 362 g/mol. The van der Waals surface area contributed by atoms with E-state index in [0.29, 0.717) is 6.54 Å². The summed E-state index contributed by atoms with van der Waals surface area (Å²) < 4.78 is 29.9. The van der Waals surface area contributed by atoms with Gasteiger partial charge in [-0.1, -0.05) is 18.2 Å². The van der Waals surface area contributed by atoms with Crippen LogP contribution in [0.3, 0.4) is 0 Å². The first-order chi connectivity index (χ1) is 12.1. The topological polar surface area (TPSA) is 51.2 Å². The van der Waals surface area contributed by atoms with Gasteiger partial charge in [0.1, 0.15) is 5.75 Å². The molecular formula is C18H16F2N2O2S. The third-order valence-corrected chi connectivity index (χ3v) is 4.61. The maximum Gasteiger partial charge on any atom is 0.387 e. The number of carbonyl (C=O) groups excluding carboxylic acids is 1. The quantitative estimate of drug-likeness (QED) is 0.639. The molecule has 130 valence electrons. The van der Waals surface area contributed by atoms with E-state index in [1.807, 2.05) is 24.3 Å². The molecule has 1 N–H and O–H groups in total. The molecule has 1 heterocycles. The Morgan fingerprint density at radius 2 is 2.04 bits per heavy atom. The number of para-hydroxylation sites is 1. The average Bonchev–Trinajstić information content (AvgIpc) is 3.01. The summed E-state index contributed by atoms with van der Waals surface area (Å²) in [5.41, 5.74) is 1.28. The number of hydrogen-bond donors (Lipinski definition) is 1. The minimum Gasteiger partial charge on any atom is -0.435 e. The highest BCUT2D eigenvalue weighted by Gasteiger charge is 2.09. The number of nitrogens with zero attached hydrogens (tertiary/aromatic N) is 1. The molecule has 0 saturated heterocycles. The molecule has 1 amide bonds. The first kappa shape index (κ1) is 17.3. The highest BCUT2D eigenvalue weighted by atomic mass is 32.1. The smallest absolute Gasteiger partial charge is 0.387 e. The van der Waals surface area contributed by atoms with Crippen molar-refractivity contribution in [2.75, 3.05) is 6.54 Å². The normalized spacial score (nSPS) is 11.0. The molecule has 0 aliphatic carbocycles. The summed E-state index contributed by atoms with van der Waals surface area (Å²) >= 11 is 1.65. The molecule has 0 aliphatic heterocycles. The van der Waals surface area contributed by atoms with Crippen LogP contribution in [0.5, 0.6) is 5.75 Å². The number of thiazole rings is 1. The van der Waals surface area contributed by atoms with Gasteiger partial charge in [-0.15, -0.1) is 11.3 Å². The third kappa shape index (κ3) is 4.73. The van der Waals surface area contributed by atoms with E-state index in [1.165, 1.54) is 18.2 Å². The fourth-order valence-corrected chi connectivity index (χ4v) is 3.39. The third-order valence-electron chi connectivity index (χ3n) is 3.51. The minimum atomic E-state index is -2.91. The van der Waals surface area contributed by atoms with Crippen LogP contribution in [0.25, 0.3) is 10.2 Å². The zero-order valence-corrected chi connectivity index (χ0v) is 14.1. The van der Waals surface area contributed by atoms with Gasteiger partial charge in [0.15, 0.2) is 0 Å². The lowest BCUT2D eigenvalue weighted by Crippen LogP contribution is -2.24. The number of aryl methyl sites for hydroxylation is 1. The van der Waals surface area contributed by atoms with Crippen molar-refractivity contribution in [1.29, 1.82) is 0 Å². The number of halogens is 2. The van der Waals surface area contributed by atoms with Crippen LogP contribution in [0.1, 0.15) is 21.8 Å². The van der Waals surface area contributed by atoms with Crippen molar-refractivity contribution < 1.29 is 18.3 Å². The first-order valence-corrected chi connectivity index (χ1v) is 8.61. The SMILES string of the molecule is O=C(NCCCc1nc2ccccc2s1)c1cccc(OC(F)F)c1. The highest BCUT2D eigenvalue weighted by Crippen LogP contribution is 2.22. The molecule has 0 atom stereocenters. The van der Waals surface area contributed by atoms with E-state index >= 15 is 0 Å². The van der Waals surface area contributed by atoms with Crippen LogP contribution in [0, 0.1) is 0 Å². The van der Waals surface area contributed by atoms with Gasteiger partial charge in [0.2, 0.25) is 0 Å². The van der Waals surface area contributed by atoms with Crippen molar-refractivity contribution >= 4 is 27.5 Å². The lowest BCUT2D eigenvalue weighted by molar-refractivity contribution is -0.0498. The second kappa shape index (κ2) is 8.02. The first-order valence-electron chi connectivity index (χ1n) is 7.79. The fraction of sp³-hybridized carbons (Fsp3) is 0.222. The lowest BCUT2D eigenvalue weighted by atomic mass is 10.2. The Morgan fingerprint density at radius 3 is 2.84 bits per heavy atom. The summed E-state index contributed by atoms with van der Waals surface area (Å²) in [7, 11) is 0. The molecule has 0 fully saturated rings. The van der Waals surface area contributed by atoms with Crippen LogP contribution >= 0.6 is 11.3 Å². The monoisotopic (exact) mass is 362 g/mol. The predicted octanol–water partition coefficient (Wildman–Crippen LogP) is 4.26. The minimum absolute atomic E-state index is 0.0304. The van der Waals surface area contributed by atoms with Crippen LogP contribution in [-0.4, -0.2) is 24.0 Å². The molecule has 2 aromatic carbocycles. The molecule has 4 nitrogen and oxygen atoms in total. The number of fused-ring (bicyclic) bond motifs is 1. The van der Waals surface area contributed by atoms with Gasteiger partial charge in [-0.3, -0.25) is 4.79 Å². The number of hydrogen-bond acceptors (Lipinski definition) is 4. The second-order valence-electron chi connectivity index (χ2n) is 5.34. The molecule has 3 aromatic rings. The van der Waals surface area contributed by atoms with Crippen molar-refractivity contribution in [2.45, 2.75) is 19.5 Å². The zero-order chi connectivity index (χ0) is 17.6. The molecule has 25 heavy (non-hydrogen) atoms. The van der Waals surface area contributed by atoms with Crippen molar-refractivity contribution in [2.24, 2.45) is 0 Å². The van der Waals surface area contributed by atoms with Crippen LogP contribution in [0.15, 0.2) is 48.5 Å². The van der Waals surface area contributed by atoms with E-state index < -0.39 is 6.61 Å². The Hall–Kier alpha value is -2.54. The summed E-state index contributed by atoms with van der Waals surface area (Å²) in [6.45, 7) is -2.43. The molecule has 0 saturated carbocycles. The standard InChI is InChI=1S/C18H16F2N2O2S/c19-18(20)24-13-6-3-5-12(11-13)17(23)21-10-4-9-16-22-14-7-1-2-8-15(14)25-16/h1-3,5-8,11,18H,4,9-10H2,(H,21,23). The van der Waals surface area contributed by atoms with E-state index in [4.69, 9.17) is 0 Å². The van der Waals surface area contributed by atoms with E-state index in [9.17, 15) is 13.6 Å². The van der Waals surface area contributed by atoms with Crippen molar-refractivity contribution in [3.8, 4) is 5.75 Å². The summed E-state index contributed by atoms with van der Waals surface area (Å²) in [5, 5.41) is 3.81. The molecule has 0 spiro atoms. The van der Waals surface area contributed by atoms with Gasteiger partial charge in [-0.05, 0) is 36.8 Å². The van der Waals surface area contributed by atoms with Crippen molar-refractivity contribution in [3.05, 3.63) is 59.1 Å². The predicted molar refractivity (Wildman–Crippen MR) is 93.3 cm³/mol. The Morgan fingerprint density at radius 1 is 1.20 bits per heavy atom. The number of carbonyl (C=O) groups is 1. The molecule has 0 bridgehead atoms. The van der Waals surface area contributed by atoms with E-state index in [-0.39, 0.29) is 17.2 Å². The molecule has 0 aliphatic rings. The molecule has 1 aromatic heterocycles. The molecule has 0 unspecified atom stereocenters. The number of rotatable bonds is 7. The molecule has 0 radical (unpaired) electrons. The van der Waals surface area contributed by atoms with Gasteiger partial charge in [0.25, 0.3) is 5.91 Å². The molecular weight excluding hydrogens is 346 g/mol. The van der Waals surface area contributed by atoms with Gasteiger partial charge in [-0.2, -0.15) is 8.78 Å². The van der Waals surface area contributed by atoms with Crippen molar-refractivity contribution in [1.82, 2.24) is 10.3 Å². The molecule has 3 rings (SSSR count). The van der Waals surface area contributed by atoms with Crippen molar-refractivity contribution in [3.63, 3.8) is 0 Å². The van der Waals surface area contributed by atoms with Crippen LogP contribution < -0.4 is 10.1 Å². The highest BCUT2D eigenvalue weighted by molar-refractivity contribution is 7.18. The summed E-state index contributed by atoms with van der Waals surface area (Å²) in [4.78, 5) is 16.6. The molecule has 7 heteroatoms. The number of aromatic nitrogens is 1. The van der Waals surface area contributed by atoms with Gasteiger partial charge < -0.3 is 10.1 Å². The number of benzene rings is 2. The number of amides is 1. The van der Waals surface area contributed by atoms with Crippen LogP contribution in [0.2, 0.25) is 0 Å². The fourth-order valence-electron chi connectivity index (χ4n) is 2.38. The van der Waals surface area contributed by atoms with Crippen LogP contribution in [-0.2, 0) is 6.42 Å². The van der Waals surface area contributed by atoms with E-state index in [0.717, 1.165) is 28.1 Å². The Labute approximate surface area is 147 Å². The maximum atomic E-state index is 12.2. The van der Waals surface area contributed by atoms with Gasteiger partial charge >= 0.3 is 6.61 Å². The number of alkyl halides is 2. The number of nitrogens with one attached hydrogen (secondary N) is 1. The second-order valence-corrected chi connectivity index (χ2v) is 6.46. The largest absolute Gasteiger partial charge is 0.435 e. The van der Waals surface area contributed by atoms with Gasteiger partial charge in [0, 0.05) is 18.5 Å². The van der Waals surface area contributed by atoms with Crippen LogP contribution in [0.4, 0.5) is 8.78 Å². The summed E-state index contributed by atoms with van der Waals surface area (Å²) in [5.74, 6) is -0.346. The Balaban J connectivity index is 1.49. The Bertz CT molecular complexity index is 834. The van der Waals surface area contributed by atoms with E-state index in [2.05, 4.69) is 15.0 Å².